The van der Waals surface area contributed by atoms with Gasteiger partial charge in [0, 0.05) is 12.5 Å². The van der Waals surface area contributed by atoms with E-state index in [2.05, 4.69) is 10.8 Å². The molecule has 0 amide bonds. The minimum Gasteiger partial charge on any atom is -0.469 e. The number of carbonyl (C=O) groups is 1. The van der Waals surface area contributed by atoms with Crippen molar-refractivity contribution in [3.8, 4) is 12.3 Å². The van der Waals surface area contributed by atoms with E-state index in [1.54, 1.807) is 0 Å². The standard InChI is InChI=1S/C13H21NO2/c1-3-4-6-9-14-10-7-5-8-12(14)11-13(15)16-2/h1,12H,4-11H2,2H3. The van der Waals surface area contributed by atoms with Gasteiger partial charge in [-0.3, -0.25) is 9.69 Å². The summed E-state index contributed by atoms with van der Waals surface area (Å²) in [5.74, 6) is 2.55. The van der Waals surface area contributed by atoms with E-state index in [-0.39, 0.29) is 5.97 Å². The number of carbonyl (C=O) groups excluding carboxylic acids is 1. The molecule has 3 heteroatoms. The molecule has 1 rings (SSSR count). The van der Waals surface area contributed by atoms with Crippen molar-refractivity contribution in [1.82, 2.24) is 4.90 Å². The molecular formula is C13H21NO2. The van der Waals surface area contributed by atoms with Gasteiger partial charge in [0.2, 0.25) is 0 Å². The average molecular weight is 223 g/mol. The lowest BCUT2D eigenvalue weighted by molar-refractivity contribution is -0.142. The van der Waals surface area contributed by atoms with Crippen LogP contribution in [0, 0.1) is 12.3 Å². The molecule has 1 fully saturated rings. The molecule has 1 unspecified atom stereocenters. The minimum atomic E-state index is -0.103. The summed E-state index contributed by atoms with van der Waals surface area (Å²) in [5.41, 5.74) is 0. The van der Waals surface area contributed by atoms with E-state index in [1.165, 1.54) is 20.0 Å². The van der Waals surface area contributed by atoms with E-state index in [4.69, 9.17) is 11.2 Å². The van der Waals surface area contributed by atoms with Crippen LogP contribution in [0.15, 0.2) is 0 Å². The minimum absolute atomic E-state index is 0.103. The third-order valence-corrected chi connectivity index (χ3v) is 3.15. The first-order valence-electron chi connectivity index (χ1n) is 6.02. The summed E-state index contributed by atoms with van der Waals surface area (Å²) < 4.78 is 4.73. The van der Waals surface area contributed by atoms with Crippen molar-refractivity contribution in [1.29, 1.82) is 0 Å². The van der Waals surface area contributed by atoms with E-state index in [0.717, 1.165) is 32.4 Å². The average Bonchev–Trinajstić information content (AvgIpc) is 2.31. The molecule has 0 aromatic rings. The van der Waals surface area contributed by atoms with Gasteiger partial charge in [-0.25, -0.2) is 0 Å². The van der Waals surface area contributed by atoms with Crippen LogP contribution in [0.1, 0.15) is 38.5 Å². The molecule has 0 saturated carbocycles. The second-order valence-corrected chi connectivity index (χ2v) is 4.27. The van der Waals surface area contributed by atoms with Crippen molar-refractivity contribution in [2.75, 3.05) is 20.2 Å². The number of nitrogens with zero attached hydrogens (tertiary/aromatic N) is 1. The zero-order valence-electron chi connectivity index (χ0n) is 10.1. The Morgan fingerprint density at radius 3 is 3.06 bits per heavy atom. The third-order valence-electron chi connectivity index (χ3n) is 3.15. The highest BCUT2D eigenvalue weighted by Crippen LogP contribution is 2.20. The number of esters is 1. The van der Waals surface area contributed by atoms with Crippen LogP contribution in [0.2, 0.25) is 0 Å². The largest absolute Gasteiger partial charge is 0.469 e. The predicted octanol–water partition coefficient (Wildman–Crippen LogP) is 1.82. The number of likely N-dealkylation sites (tertiary alicyclic amines) is 1. The Morgan fingerprint density at radius 2 is 2.38 bits per heavy atom. The van der Waals surface area contributed by atoms with Gasteiger partial charge in [-0.05, 0) is 32.4 Å². The van der Waals surface area contributed by atoms with Crippen LogP contribution in [-0.2, 0) is 9.53 Å². The number of ether oxygens (including phenoxy) is 1. The molecule has 90 valence electrons. The van der Waals surface area contributed by atoms with Crippen LogP contribution < -0.4 is 0 Å². The van der Waals surface area contributed by atoms with Gasteiger partial charge in [-0.15, -0.1) is 12.3 Å². The van der Waals surface area contributed by atoms with Crippen molar-refractivity contribution < 1.29 is 9.53 Å². The van der Waals surface area contributed by atoms with E-state index < -0.39 is 0 Å². The van der Waals surface area contributed by atoms with Crippen molar-refractivity contribution in [3.05, 3.63) is 0 Å². The van der Waals surface area contributed by atoms with Gasteiger partial charge >= 0.3 is 5.97 Å². The molecule has 1 aliphatic rings. The Kier molecular flexibility index (Phi) is 5.95. The fourth-order valence-corrected chi connectivity index (χ4v) is 2.25. The molecule has 3 nitrogen and oxygen atoms in total. The van der Waals surface area contributed by atoms with Gasteiger partial charge in [0.1, 0.15) is 0 Å². The molecule has 0 aromatic carbocycles. The lowest BCUT2D eigenvalue weighted by atomic mass is 9.99. The van der Waals surface area contributed by atoms with Gasteiger partial charge in [0.25, 0.3) is 0 Å². The van der Waals surface area contributed by atoms with Crippen molar-refractivity contribution in [3.63, 3.8) is 0 Å². The number of piperidine rings is 1. The number of rotatable bonds is 5. The molecule has 0 radical (unpaired) electrons. The molecule has 0 bridgehead atoms. The fourth-order valence-electron chi connectivity index (χ4n) is 2.25. The number of methoxy groups -OCH3 is 1. The molecule has 1 saturated heterocycles. The number of unbranched alkanes of at least 4 members (excludes halogenated alkanes) is 1. The first-order valence-corrected chi connectivity index (χ1v) is 6.02. The summed E-state index contributed by atoms with van der Waals surface area (Å²) in [6, 6.07) is 0.360. The SMILES string of the molecule is C#CCCCN1CCCCC1CC(=O)OC. The maximum absolute atomic E-state index is 11.3. The number of hydrogen-bond acceptors (Lipinski definition) is 3. The summed E-state index contributed by atoms with van der Waals surface area (Å²) >= 11 is 0. The predicted molar refractivity (Wildman–Crippen MR) is 63.9 cm³/mol. The lowest BCUT2D eigenvalue weighted by Gasteiger charge is -2.35. The Balaban J connectivity index is 2.37. The van der Waals surface area contributed by atoms with Gasteiger partial charge < -0.3 is 4.74 Å². The van der Waals surface area contributed by atoms with Crippen molar-refractivity contribution in [2.45, 2.75) is 44.6 Å². The molecule has 0 aliphatic carbocycles. The van der Waals surface area contributed by atoms with Gasteiger partial charge in [-0.2, -0.15) is 0 Å². The van der Waals surface area contributed by atoms with Crippen LogP contribution in [0.25, 0.3) is 0 Å². The normalized spacial score (nSPS) is 21.4. The summed E-state index contributed by atoms with van der Waals surface area (Å²) in [6.45, 7) is 2.10. The first kappa shape index (κ1) is 13.1. The van der Waals surface area contributed by atoms with Crippen molar-refractivity contribution in [2.24, 2.45) is 0 Å². The molecule has 1 aliphatic heterocycles. The molecule has 16 heavy (non-hydrogen) atoms. The Morgan fingerprint density at radius 1 is 1.56 bits per heavy atom. The van der Waals surface area contributed by atoms with Crippen LogP contribution in [0.5, 0.6) is 0 Å². The smallest absolute Gasteiger partial charge is 0.307 e. The maximum Gasteiger partial charge on any atom is 0.307 e. The van der Waals surface area contributed by atoms with Crippen LogP contribution in [0.3, 0.4) is 0 Å². The Labute approximate surface area is 98.1 Å². The Bertz CT molecular complexity index is 257. The summed E-state index contributed by atoms with van der Waals surface area (Å²) in [4.78, 5) is 13.7. The van der Waals surface area contributed by atoms with E-state index in [9.17, 15) is 4.79 Å². The molecule has 0 spiro atoms. The van der Waals surface area contributed by atoms with Gasteiger partial charge in [0.15, 0.2) is 0 Å². The first-order chi connectivity index (χ1) is 7.77. The van der Waals surface area contributed by atoms with E-state index >= 15 is 0 Å². The third kappa shape index (κ3) is 4.24. The fraction of sp³-hybridized carbons (Fsp3) is 0.769. The highest BCUT2D eigenvalue weighted by molar-refractivity contribution is 5.69. The summed E-state index contributed by atoms with van der Waals surface area (Å²) in [7, 11) is 1.45. The lowest BCUT2D eigenvalue weighted by Crippen LogP contribution is -2.41. The number of terminal acetylenes is 1. The topological polar surface area (TPSA) is 29.5 Å². The highest BCUT2D eigenvalue weighted by atomic mass is 16.5. The molecular weight excluding hydrogens is 202 g/mol. The molecule has 1 atom stereocenters. The second kappa shape index (κ2) is 7.29. The monoisotopic (exact) mass is 223 g/mol. The maximum atomic E-state index is 11.3. The second-order valence-electron chi connectivity index (χ2n) is 4.27. The highest BCUT2D eigenvalue weighted by Gasteiger charge is 2.24. The van der Waals surface area contributed by atoms with E-state index in [1.807, 2.05) is 0 Å². The van der Waals surface area contributed by atoms with Crippen molar-refractivity contribution >= 4 is 5.97 Å². The molecule has 0 N–H and O–H groups in total. The van der Waals surface area contributed by atoms with Crippen LogP contribution in [-0.4, -0.2) is 37.1 Å². The van der Waals surface area contributed by atoms with Crippen LogP contribution in [0.4, 0.5) is 0 Å². The molecule has 1 heterocycles. The van der Waals surface area contributed by atoms with Gasteiger partial charge in [0.05, 0.1) is 13.5 Å². The quantitative estimate of drug-likeness (QED) is 0.404. The van der Waals surface area contributed by atoms with Crippen LogP contribution >= 0.6 is 0 Å². The van der Waals surface area contributed by atoms with E-state index in [0.29, 0.717) is 12.5 Å². The molecule has 0 aromatic heterocycles. The summed E-state index contributed by atoms with van der Waals surface area (Å²) in [5, 5.41) is 0. The summed E-state index contributed by atoms with van der Waals surface area (Å²) in [6.07, 6.45) is 11.1. The van der Waals surface area contributed by atoms with Gasteiger partial charge in [-0.1, -0.05) is 6.42 Å². The Hall–Kier alpha value is -1.01. The zero-order chi connectivity index (χ0) is 11.8. The number of hydrogen-bond donors (Lipinski definition) is 0. The zero-order valence-corrected chi connectivity index (χ0v) is 10.1.